The van der Waals surface area contributed by atoms with Crippen LogP contribution in [0.25, 0.3) is 0 Å². The molecule has 146 valence electrons. The number of amides is 1. The highest BCUT2D eigenvalue weighted by atomic mass is 35.5. The molecule has 0 spiro atoms. The maximum Gasteiger partial charge on any atom is 0.335 e. The van der Waals surface area contributed by atoms with E-state index in [1.54, 1.807) is 42.6 Å². The van der Waals surface area contributed by atoms with Gasteiger partial charge in [0.15, 0.2) is 0 Å². The van der Waals surface area contributed by atoms with Gasteiger partial charge in [0.2, 0.25) is 0 Å². The summed E-state index contributed by atoms with van der Waals surface area (Å²) in [5.41, 5.74) is 3.39. The molecule has 0 aliphatic rings. The zero-order chi connectivity index (χ0) is 20.8. The van der Waals surface area contributed by atoms with Gasteiger partial charge >= 0.3 is 5.97 Å². The summed E-state index contributed by atoms with van der Waals surface area (Å²) < 4.78 is 1.41. The molecule has 0 saturated carbocycles. The number of carbonyl (C=O) groups is 2. The van der Waals surface area contributed by atoms with Gasteiger partial charge in [-0.15, -0.1) is 0 Å². The van der Waals surface area contributed by atoms with Crippen LogP contribution in [0.3, 0.4) is 0 Å². The predicted octanol–water partition coefficient (Wildman–Crippen LogP) is 3.01. The molecule has 0 unspecified atom stereocenters. The first-order valence-corrected chi connectivity index (χ1v) is 8.92. The van der Waals surface area contributed by atoms with Crippen LogP contribution in [-0.4, -0.2) is 27.8 Å². The van der Waals surface area contributed by atoms with Crippen LogP contribution in [0.15, 0.2) is 76.8 Å². The summed E-state index contributed by atoms with van der Waals surface area (Å²) in [5.74, 6) is -1.67. The van der Waals surface area contributed by atoms with Crippen molar-refractivity contribution < 1.29 is 14.7 Å². The molecule has 2 N–H and O–H groups in total. The third kappa shape index (κ3) is 5.18. The molecule has 0 bridgehead atoms. The normalized spacial score (nSPS) is 10.8. The van der Waals surface area contributed by atoms with Crippen LogP contribution >= 0.6 is 11.6 Å². The highest BCUT2D eigenvalue weighted by Crippen LogP contribution is 2.11. The van der Waals surface area contributed by atoms with Gasteiger partial charge in [-0.3, -0.25) is 9.59 Å². The fourth-order valence-electron chi connectivity index (χ4n) is 2.60. The highest BCUT2D eigenvalue weighted by Gasteiger charge is 2.11. The first kappa shape index (κ1) is 20.0. The maximum atomic E-state index is 12.6. The third-order valence-corrected chi connectivity index (χ3v) is 4.28. The molecule has 0 atom stereocenters. The molecule has 0 fully saturated rings. The molecular formula is C21H16ClN3O4. The number of benzene rings is 2. The monoisotopic (exact) mass is 409 g/mol. The second-order valence-corrected chi connectivity index (χ2v) is 6.55. The van der Waals surface area contributed by atoms with Gasteiger partial charge in [-0.05, 0) is 47.5 Å². The number of carboxylic acids is 1. The number of hydrazone groups is 1. The van der Waals surface area contributed by atoms with Crippen molar-refractivity contribution in [1.29, 1.82) is 0 Å². The summed E-state index contributed by atoms with van der Waals surface area (Å²) in [7, 11) is 0. The van der Waals surface area contributed by atoms with Gasteiger partial charge in [-0.2, -0.15) is 5.10 Å². The molecule has 0 aliphatic carbocycles. The van der Waals surface area contributed by atoms with Crippen molar-refractivity contribution in [2.45, 2.75) is 6.54 Å². The number of rotatable bonds is 6. The van der Waals surface area contributed by atoms with E-state index in [-0.39, 0.29) is 17.7 Å². The molecule has 1 heterocycles. The van der Waals surface area contributed by atoms with Crippen molar-refractivity contribution in [2.24, 2.45) is 5.10 Å². The minimum atomic E-state index is -1.03. The smallest absolute Gasteiger partial charge is 0.335 e. The van der Waals surface area contributed by atoms with Gasteiger partial charge in [0.25, 0.3) is 11.5 Å². The number of aromatic nitrogens is 1. The lowest BCUT2D eigenvalue weighted by atomic mass is 10.1. The van der Waals surface area contributed by atoms with E-state index in [9.17, 15) is 14.4 Å². The zero-order valence-corrected chi connectivity index (χ0v) is 15.8. The van der Waals surface area contributed by atoms with Gasteiger partial charge in [0.05, 0.1) is 18.3 Å². The fraction of sp³-hybridized carbons (Fsp3) is 0.0476. The predicted molar refractivity (Wildman–Crippen MR) is 110 cm³/mol. The van der Waals surface area contributed by atoms with Crippen LogP contribution in [0, 0.1) is 0 Å². The lowest BCUT2D eigenvalue weighted by molar-refractivity contribution is 0.0696. The molecule has 0 radical (unpaired) electrons. The number of nitrogens with one attached hydrogen (secondary N) is 1. The average Bonchev–Trinajstić information content (AvgIpc) is 2.70. The van der Waals surface area contributed by atoms with Crippen LogP contribution in [0.2, 0.25) is 5.02 Å². The SMILES string of the molecule is O=C(O)c1ccc(/C=N\NC(=O)c2cccn(Cc3cccc(Cl)c3)c2=O)cc1. The van der Waals surface area contributed by atoms with Crippen molar-refractivity contribution >= 4 is 29.7 Å². The number of hydrogen-bond acceptors (Lipinski definition) is 4. The van der Waals surface area contributed by atoms with Crippen molar-refractivity contribution in [2.75, 3.05) is 0 Å². The Morgan fingerprint density at radius 2 is 1.86 bits per heavy atom. The number of carboxylic acid groups (broad SMARTS) is 1. The van der Waals surface area contributed by atoms with Crippen LogP contribution in [-0.2, 0) is 6.54 Å². The molecule has 1 amide bonds. The van der Waals surface area contributed by atoms with Gasteiger partial charge in [-0.25, -0.2) is 10.2 Å². The lowest BCUT2D eigenvalue weighted by Crippen LogP contribution is -2.30. The standard InChI is InChI=1S/C21H16ClN3O4/c22-17-4-1-3-15(11-17)13-25-10-2-5-18(20(25)27)19(26)24-23-12-14-6-8-16(9-7-14)21(28)29/h1-12H,13H2,(H,24,26)(H,28,29)/b23-12-. The first-order chi connectivity index (χ1) is 13.9. The van der Waals surface area contributed by atoms with E-state index in [2.05, 4.69) is 10.5 Å². The number of carbonyl (C=O) groups excluding carboxylic acids is 1. The molecule has 7 nitrogen and oxygen atoms in total. The Hall–Kier alpha value is -3.71. The maximum absolute atomic E-state index is 12.6. The van der Waals surface area contributed by atoms with Crippen molar-refractivity contribution in [3.63, 3.8) is 0 Å². The highest BCUT2D eigenvalue weighted by molar-refractivity contribution is 6.30. The van der Waals surface area contributed by atoms with Crippen LogP contribution in [0.4, 0.5) is 0 Å². The number of nitrogens with zero attached hydrogens (tertiary/aromatic N) is 2. The van der Waals surface area contributed by atoms with E-state index in [4.69, 9.17) is 16.7 Å². The number of pyridine rings is 1. The van der Waals surface area contributed by atoms with E-state index in [1.165, 1.54) is 29.0 Å². The summed E-state index contributed by atoms with van der Waals surface area (Å²) in [5, 5.41) is 13.3. The Kier molecular flexibility index (Phi) is 6.21. The van der Waals surface area contributed by atoms with Crippen LogP contribution in [0.5, 0.6) is 0 Å². The minimum absolute atomic E-state index is 0.0482. The topological polar surface area (TPSA) is 101 Å². The minimum Gasteiger partial charge on any atom is -0.478 e. The Bertz CT molecular complexity index is 1140. The first-order valence-electron chi connectivity index (χ1n) is 8.55. The Morgan fingerprint density at radius 3 is 2.55 bits per heavy atom. The van der Waals surface area contributed by atoms with E-state index in [0.29, 0.717) is 10.6 Å². The second kappa shape index (κ2) is 8.99. The summed E-state index contributed by atoms with van der Waals surface area (Å²) in [4.78, 5) is 35.8. The molecule has 1 aromatic heterocycles. The summed E-state index contributed by atoms with van der Waals surface area (Å²) >= 11 is 5.97. The average molecular weight is 410 g/mol. The van der Waals surface area contributed by atoms with E-state index in [1.807, 2.05) is 6.07 Å². The Labute approximate surface area is 170 Å². The molecule has 0 aliphatic heterocycles. The molecule has 0 saturated heterocycles. The fourth-order valence-corrected chi connectivity index (χ4v) is 2.82. The van der Waals surface area contributed by atoms with Crippen molar-refractivity contribution in [3.05, 3.63) is 104 Å². The molecule has 3 aromatic rings. The lowest BCUT2D eigenvalue weighted by Gasteiger charge is -2.08. The van der Waals surface area contributed by atoms with Gasteiger partial charge in [-0.1, -0.05) is 35.9 Å². The number of hydrogen-bond donors (Lipinski definition) is 2. The molecule has 2 aromatic carbocycles. The molecular weight excluding hydrogens is 394 g/mol. The van der Waals surface area contributed by atoms with Crippen LogP contribution in [0.1, 0.15) is 31.8 Å². The number of aromatic carboxylic acids is 1. The zero-order valence-electron chi connectivity index (χ0n) is 15.1. The molecule has 8 heteroatoms. The third-order valence-electron chi connectivity index (χ3n) is 4.04. The van der Waals surface area contributed by atoms with Crippen molar-refractivity contribution in [3.8, 4) is 0 Å². The van der Waals surface area contributed by atoms with E-state index >= 15 is 0 Å². The molecule has 3 rings (SSSR count). The Morgan fingerprint density at radius 1 is 1.10 bits per heavy atom. The summed E-state index contributed by atoms with van der Waals surface area (Å²) in [6, 6.07) is 16.1. The molecule has 29 heavy (non-hydrogen) atoms. The van der Waals surface area contributed by atoms with Crippen molar-refractivity contribution in [1.82, 2.24) is 9.99 Å². The van der Waals surface area contributed by atoms with Crippen LogP contribution < -0.4 is 11.0 Å². The number of halogens is 1. The largest absolute Gasteiger partial charge is 0.478 e. The Balaban J connectivity index is 1.71. The van der Waals surface area contributed by atoms with Gasteiger partial charge in [0.1, 0.15) is 5.56 Å². The second-order valence-electron chi connectivity index (χ2n) is 6.11. The quantitative estimate of drug-likeness (QED) is 0.482. The summed E-state index contributed by atoms with van der Waals surface area (Å²) in [6.45, 7) is 0.277. The van der Waals surface area contributed by atoms with Gasteiger partial charge < -0.3 is 9.67 Å². The van der Waals surface area contributed by atoms with Gasteiger partial charge in [0, 0.05) is 11.2 Å². The summed E-state index contributed by atoms with van der Waals surface area (Å²) in [6.07, 6.45) is 2.95. The van der Waals surface area contributed by atoms with E-state index in [0.717, 1.165) is 5.56 Å². The van der Waals surface area contributed by atoms with E-state index < -0.39 is 17.4 Å².